The molecule has 2 N–H and O–H groups in total. The monoisotopic (exact) mass is 401 g/mol. The molecule has 0 aliphatic carbocycles. The van der Waals surface area contributed by atoms with Crippen molar-refractivity contribution < 1.29 is 14.4 Å². The van der Waals surface area contributed by atoms with Crippen molar-refractivity contribution in [2.24, 2.45) is 5.92 Å². The van der Waals surface area contributed by atoms with E-state index in [0.29, 0.717) is 27.3 Å². The molecule has 25 heavy (non-hydrogen) atoms. The zero-order valence-electron chi connectivity index (χ0n) is 13.7. The van der Waals surface area contributed by atoms with Crippen LogP contribution in [0.1, 0.15) is 12.8 Å². The van der Waals surface area contributed by atoms with Crippen molar-refractivity contribution in [2.45, 2.75) is 19.5 Å². The first kappa shape index (κ1) is 18.4. The first-order valence-corrected chi connectivity index (χ1v) is 9.18. The minimum absolute atomic E-state index is 0.00641. The highest BCUT2D eigenvalue weighted by atomic mass is 35.5. The molecule has 0 atom stereocenters. The van der Waals surface area contributed by atoms with Crippen LogP contribution in [-0.2, 0) is 16.2 Å². The minimum Gasteiger partial charge on any atom is -0.469 e. The van der Waals surface area contributed by atoms with Crippen molar-refractivity contribution >= 4 is 41.4 Å². The molecule has 0 amide bonds. The van der Waals surface area contributed by atoms with E-state index >= 15 is 0 Å². The summed E-state index contributed by atoms with van der Waals surface area (Å²) in [5.41, 5.74) is 0.760. The lowest BCUT2D eigenvalue weighted by molar-refractivity contribution is -0.929. The number of H-pyrrole nitrogens is 1. The van der Waals surface area contributed by atoms with Crippen molar-refractivity contribution in [2.75, 3.05) is 20.2 Å². The number of benzene rings is 1. The van der Waals surface area contributed by atoms with Crippen LogP contribution in [0.25, 0.3) is 11.4 Å². The summed E-state index contributed by atoms with van der Waals surface area (Å²) in [6.07, 6.45) is 1.64. The number of nitrogens with zero attached hydrogens (tertiary/aromatic N) is 2. The minimum atomic E-state index is -0.114. The number of ether oxygens (including phenoxy) is 1. The Morgan fingerprint density at radius 2 is 2.16 bits per heavy atom. The van der Waals surface area contributed by atoms with Gasteiger partial charge < -0.3 is 9.64 Å². The smallest absolute Gasteiger partial charge is 0.309 e. The van der Waals surface area contributed by atoms with E-state index in [-0.39, 0.29) is 11.9 Å². The third kappa shape index (κ3) is 4.23. The van der Waals surface area contributed by atoms with Crippen molar-refractivity contribution in [3.8, 4) is 11.4 Å². The number of nitrogens with one attached hydrogen (secondary N) is 2. The SMILES string of the molecule is COC(=O)C1CC[NH+](Cn2[nH]c(-c3ccc(Cl)cc3Cl)nc2=S)CC1. The van der Waals surface area contributed by atoms with E-state index in [1.165, 1.54) is 12.0 Å². The number of methoxy groups -OCH3 is 1. The van der Waals surface area contributed by atoms with Crippen molar-refractivity contribution in [1.82, 2.24) is 14.8 Å². The number of halogens is 2. The molecule has 6 nitrogen and oxygen atoms in total. The molecule has 0 unspecified atom stereocenters. The van der Waals surface area contributed by atoms with Crippen LogP contribution in [0.15, 0.2) is 18.2 Å². The second-order valence-electron chi connectivity index (χ2n) is 6.11. The summed E-state index contributed by atoms with van der Waals surface area (Å²) in [6, 6.07) is 5.26. The summed E-state index contributed by atoms with van der Waals surface area (Å²) in [4.78, 5) is 17.4. The Balaban J connectivity index is 1.70. The van der Waals surface area contributed by atoms with Crippen LogP contribution in [0.5, 0.6) is 0 Å². The molecule has 1 aromatic heterocycles. The van der Waals surface area contributed by atoms with E-state index in [9.17, 15) is 4.79 Å². The zero-order valence-corrected chi connectivity index (χ0v) is 16.0. The summed E-state index contributed by atoms with van der Waals surface area (Å²) in [7, 11) is 1.44. The third-order valence-corrected chi connectivity index (χ3v) is 5.33. The number of hydrogen-bond donors (Lipinski definition) is 2. The Morgan fingerprint density at radius 1 is 1.44 bits per heavy atom. The van der Waals surface area contributed by atoms with E-state index in [1.807, 2.05) is 10.7 Å². The Bertz CT molecular complexity index is 828. The fourth-order valence-corrected chi connectivity index (χ4v) is 3.78. The lowest BCUT2D eigenvalue weighted by Gasteiger charge is -2.27. The average molecular weight is 402 g/mol. The molecule has 0 bridgehead atoms. The largest absolute Gasteiger partial charge is 0.469 e. The lowest BCUT2D eigenvalue weighted by atomic mass is 9.97. The highest BCUT2D eigenvalue weighted by Crippen LogP contribution is 2.27. The van der Waals surface area contributed by atoms with Crippen LogP contribution < -0.4 is 4.90 Å². The maximum Gasteiger partial charge on any atom is 0.309 e. The van der Waals surface area contributed by atoms with Gasteiger partial charge >= 0.3 is 5.97 Å². The Kier molecular flexibility index (Phi) is 5.78. The Hall–Kier alpha value is -1.41. The molecule has 3 rings (SSSR count). The van der Waals surface area contributed by atoms with Gasteiger partial charge in [-0.1, -0.05) is 23.2 Å². The maximum atomic E-state index is 11.6. The molecule has 1 aliphatic heterocycles. The standard InChI is InChI=1S/C16H18Cl2N4O2S/c1-24-15(23)10-4-6-21(7-5-10)9-22-16(25)19-14(20-22)12-3-2-11(17)8-13(12)18/h2-3,8,10H,4-7,9H2,1H3,(H,19,20,25)/p+1. The van der Waals surface area contributed by atoms with Crippen LogP contribution in [0, 0.1) is 10.7 Å². The summed E-state index contributed by atoms with van der Waals surface area (Å²) in [6.45, 7) is 2.44. The molecule has 0 saturated carbocycles. The van der Waals surface area contributed by atoms with Crippen LogP contribution in [0.2, 0.25) is 10.0 Å². The molecular formula is C16H19Cl2N4O2S+. The quantitative estimate of drug-likeness (QED) is 0.609. The van der Waals surface area contributed by atoms with Gasteiger partial charge in [0, 0.05) is 23.4 Å². The predicted octanol–water partition coefficient (Wildman–Crippen LogP) is 2.34. The van der Waals surface area contributed by atoms with Crippen LogP contribution >= 0.6 is 35.4 Å². The number of aromatic amines is 1. The van der Waals surface area contributed by atoms with Gasteiger partial charge in [-0.2, -0.15) is 4.98 Å². The van der Waals surface area contributed by atoms with E-state index in [1.54, 1.807) is 12.1 Å². The topological polar surface area (TPSA) is 64.3 Å². The molecule has 0 spiro atoms. The summed E-state index contributed by atoms with van der Waals surface area (Å²) >= 11 is 17.5. The second-order valence-corrected chi connectivity index (χ2v) is 7.32. The molecule has 1 aromatic carbocycles. The fraction of sp³-hybridized carbons (Fsp3) is 0.438. The fourth-order valence-electron chi connectivity index (χ4n) is 3.08. The van der Waals surface area contributed by atoms with Crippen molar-refractivity contribution in [1.29, 1.82) is 0 Å². The number of rotatable bonds is 4. The van der Waals surface area contributed by atoms with Gasteiger partial charge in [-0.25, -0.2) is 4.68 Å². The van der Waals surface area contributed by atoms with Gasteiger partial charge in [-0.3, -0.25) is 9.89 Å². The molecule has 134 valence electrons. The highest BCUT2D eigenvalue weighted by molar-refractivity contribution is 7.71. The molecule has 1 fully saturated rings. The van der Waals surface area contributed by atoms with Crippen molar-refractivity contribution in [3.63, 3.8) is 0 Å². The van der Waals surface area contributed by atoms with E-state index in [4.69, 9.17) is 40.2 Å². The summed E-state index contributed by atoms with van der Waals surface area (Å²) in [5, 5.41) is 4.31. The summed E-state index contributed by atoms with van der Waals surface area (Å²) < 4.78 is 7.14. The normalized spacial score (nSPS) is 20.4. The molecular weight excluding hydrogens is 383 g/mol. The summed E-state index contributed by atoms with van der Waals surface area (Å²) in [5.74, 6) is 0.513. The van der Waals surface area contributed by atoms with Crippen molar-refractivity contribution in [3.05, 3.63) is 33.0 Å². The first-order valence-electron chi connectivity index (χ1n) is 8.01. The Labute approximate surface area is 160 Å². The molecule has 0 radical (unpaired) electrons. The van der Waals surface area contributed by atoms with Crippen LogP contribution in [-0.4, -0.2) is 40.9 Å². The molecule has 2 heterocycles. The zero-order chi connectivity index (χ0) is 18.0. The molecule has 9 heteroatoms. The maximum absolute atomic E-state index is 11.6. The van der Waals surface area contributed by atoms with Gasteiger partial charge in [0.25, 0.3) is 0 Å². The first-order chi connectivity index (χ1) is 12.0. The number of esters is 1. The lowest BCUT2D eigenvalue weighted by Crippen LogP contribution is -3.12. The van der Waals surface area contributed by atoms with E-state index in [0.717, 1.165) is 31.5 Å². The predicted molar refractivity (Wildman–Crippen MR) is 98.3 cm³/mol. The van der Waals surface area contributed by atoms with Gasteiger partial charge in [-0.15, -0.1) is 0 Å². The number of carbonyl (C=O) groups is 1. The number of piperidine rings is 1. The number of aromatic nitrogens is 3. The molecule has 2 aromatic rings. The van der Waals surface area contributed by atoms with E-state index < -0.39 is 0 Å². The van der Waals surface area contributed by atoms with Crippen LogP contribution in [0.4, 0.5) is 0 Å². The third-order valence-electron chi connectivity index (χ3n) is 4.47. The van der Waals surface area contributed by atoms with Gasteiger partial charge in [0.1, 0.15) is 0 Å². The number of hydrogen-bond acceptors (Lipinski definition) is 4. The molecule has 1 aliphatic rings. The van der Waals surface area contributed by atoms with Gasteiger partial charge in [0.2, 0.25) is 4.77 Å². The number of quaternary nitrogens is 1. The van der Waals surface area contributed by atoms with E-state index in [2.05, 4.69) is 10.1 Å². The number of likely N-dealkylation sites (tertiary alicyclic amines) is 1. The second kappa shape index (κ2) is 7.86. The molecule has 1 saturated heterocycles. The highest BCUT2D eigenvalue weighted by Gasteiger charge is 2.28. The van der Waals surface area contributed by atoms with Gasteiger partial charge in [0.15, 0.2) is 12.5 Å². The number of carbonyl (C=O) groups excluding carboxylic acids is 1. The van der Waals surface area contributed by atoms with Gasteiger partial charge in [0.05, 0.1) is 31.1 Å². The average Bonchev–Trinajstić information content (AvgIpc) is 2.95. The van der Waals surface area contributed by atoms with Crippen LogP contribution in [0.3, 0.4) is 0 Å². The van der Waals surface area contributed by atoms with Gasteiger partial charge in [-0.05, 0) is 30.4 Å². The Morgan fingerprint density at radius 3 is 2.80 bits per heavy atom.